The highest BCUT2D eigenvalue weighted by molar-refractivity contribution is 6.37. The molecule has 3 aromatic carbocycles. The SMILES string of the molecule is COc1cccc(C(=O)N/N=C/c2cc(Cl)c(OCC(=O)Nc3ccccc3Cl)c(Cl)c2)c1. The zero-order valence-electron chi connectivity index (χ0n) is 17.3. The molecule has 0 saturated carbocycles. The van der Waals surface area contributed by atoms with Gasteiger partial charge in [-0.2, -0.15) is 5.10 Å². The van der Waals surface area contributed by atoms with Crippen LogP contribution in [-0.2, 0) is 4.79 Å². The van der Waals surface area contributed by atoms with Crippen molar-refractivity contribution in [2.75, 3.05) is 19.0 Å². The zero-order valence-corrected chi connectivity index (χ0v) is 19.5. The molecule has 2 N–H and O–H groups in total. The van der Waals surface area contributed by atoms with Crippen molar-refractivity contribution >= 4 is 58.5 Å². The number of ether oxygens (including phenoxy) is 2. The quantitative estimate of drug-likeness (QED) is 0.315. The van der Waals surface area contributed by atoms with Crippen LogP contribution in [0.4, 0.5) is 5.69 Å². The van der Waals surface area contributed by atoms with Gasteiger partial charge < -0.3 is 14.8 Å². The average molecular weight is 507 g/mol. The van der Waals surface area contributed by atoms with Crippen molar-refractivity contribution in [2.45, 2.75) is 0 Å². The van der Waals surface area contributed by atoms with Crippen molar-refractivity contribution in [2.24, 2.45) is 5.10 Å². The summed E-state index contributed by atoms with van der Waals surface area (Å²) < 4.78 is 10.6. The number of amides is 2. The summed E-state index contributed by atoms with van der Waals surface area (Å²) in [5.74, 6) is -0.139. The first-order valence-corrected chi connectivity index (χ1v) is 10.6. The van der Waals surface area contributed by atoms with Gasteiger partial charge in [0.1, 0.15) is 5.75 Å². The third-order valence-electron chi connectivity index (χ3n) is 4.23. The van der Waals surface area contributed by atoms with E-state index in [0.717, 1.165) is 0 Å². The highest BCUT2D eigenvalue weighted by Gasteiger charge is 2.13. The molecule has 3 rings (SSSR count). The smallest absolute Gasteiger partial charge is 0.271 e. The number of rotatable bonds is 8. The Morgan fingerprint density at radius 1 is 0.970 bits per heavy atom. The Hall–Kier alpha value is -3.26. The van der Waals surface area contributed by atoms with Gasteiger partial charge in [-0.1, -0.05) is 53.0 Å². The molecule has 0 aliphatic heterocycles. The van der Waals surface area contributed by atoms with E-state index in [1.165, 1.54) is 25.5 Å². The van der Waals surface area contributed by atoms with Crippen LogP contribution in [0.1, 0.15) is 15.9 Å². The van der Waals surface area contributed by atoms with E-state index in [1.807, 2.05) is 0 Å². The summed E-state index contributed by atoms with van der Waals surface area (Å²) in [5, 5.41) is 7.31. The van der Waals surface area contributed by atoms with Gasteiger partial charge in [0.25, 0.3) is 11.8 Å². The lowest BCUT2D eigenvalue weighted by Gasteiger charge is -2.11. The summed E-state index contributed by atoms with van der Waals surface area (Å²) in [4.78, 5) is 24.3. The van der Waals surface area contributed by atoms with E-state index in [9.17, 15) is 9.59 Å². The number of hydrogen-bond acceptors (Lipinski definition) is 5. The van der Waals surface area contributed by atoms with Crippen molar-refractivity contribution in [1.82, 2.24) is 5.43 Å². The van der Waals surface area contributed by atoms with Gasteiger partial charge in [0.15, 0.2) is 12.4 Å². The maximum absolute atomic E-state index is 12.2. The van der Waals surface area contributed by atoms with Crippen LogP contribution in [0.15, 0.2) is 65.8 Å². The lowest BCUT2D eigenvalue weighted by atomic mass is 10.2. The Balaban J connectivity index is 1.59. The normalized spacial score (nSPS) is 10.7. The molecule has 0 spiro atoms. The maximum atomic E-state index is 12.2. The van der Waals surface area contributed by atoms with Gasteiger partial charge in [0, 0.05) is 5.56 Å². The van der Waals surface area contributed by atoms with Gasteiger partial charge in [0.2, 0.25) is 0 Å². The molecule has 170 valence electrons. The molecular formula is C23H18Cl3N3O4. The van der Waals surface area contributed by atoms with E-state index in [-0.39, 0.29) is 22.4 Å². The van der Waals surface area contributed by atoms with Crippen LogP contribution in [0, 0.1) is 0 Å². The summed E-state index contributed by atoms with van der Waals surface area (Å²) in [7, 11) is 1.52. The molecule has 2 amide bonds. The minimum absolute atomic E-state index is 0.144. The fourth-order valence-corrected chi connectivity index (χ4v) is 3.47. The molecule has 0 aliphatic carbocycles. The van der Waals surface area contributed by atoms with E-state index < -0.39 is 11.8 Å². The van der Waals surface area contributed by atoms with Crippen LogP contribution in [0.3, 0.4) is 0 Å². The number of hydrogen-bond donors (Lipinski definition) is 2. The number of para-hydroxylation sites is 1. The molecule has 0 bridgehead atoms. The number of carbonyl (C=O) groups is 2. The van der Waals surface area contributed by atoms with Crippen LogP contribution in [0.25, 0.3) is 0 Å². The molecule has 0 saturated heterocycles. The third-order valence-corrected chi connectivity index (χ3v) is 5.12. The first-order chi connectivity index (χ1) is 15.9. The second kappa shape index (κ2) is 11.6. The van der Waals surface area contributed by atoms with Crippen molar-refractivity contribution in [1.29, 1.82) is 0 Å². The maximum Gasteiger partial charge on any atom is 0.271 e. The van der Waals surface area contributed by atoms with Gasteiger partial charge in [-0.25, -0.2) is 5.43 Å². The van der Waals surface area contributed by atoms with Gasteiger partial charge in [-0.3, -0.25) is 9.59 Å². The number of methoxy groups -OCH3 is 1. The summed E-state index contributed by atoms with van der Waals surface area (Å²) in [6.07, 6.45) is 1.38. The van der Waals surface area contributed by atoms with E-state index in [4.69, 9.17) is 44.3 Å². The molecule has 3 aromatic rings. The first-order valence-electron chi connectivity index (χ1n) is 9.51. The number of nitrogens with zero attached hydrogens (tertiary/aromatic N) is 1. The highest BCUT2D eigenvalue weighted by Crippen LogP contribution is 2.34. The van der Waals surface area contributed by atoms with E-state index in [1.54, 1.807) is 48.5 Å². The Labute approximate surface area is 205 Å². The Morgan fingerprint density at radius 2 is 1.70 bits per heavy atom. The minimum atomic E-state index is -0.430. The Bertz CT molecular complexity index is 1180. The topological polar surface area (TPSA) is 89.0 Å². The fraction of sp³-hybridized carbons (Fsp3) is 0.0870. The molecule has 10 heteroatoms. The first kappa shape index (κ1) is 24.4. The van der Waals surface area contributed by atoms with Gasteiger partial charge >= 0.3 is 0 Å². The lowest BCUT2D eigenvalue weighted by Crippen LogP contribution is -2.20. The molecule has 0 radical (unpaired) electrons. The van der Waals surface area contributed by atoms with E-state index >= 15 is 0 Å². The standard InChI is InChI=1S/C23H18Cl3N3O4/c1-32-16-6-4-5-15(11-16)23(31)29-27-12-14-9-18(25)22(19(26)10-14)33-13-21(30)28-20-8-3-2-7-17(20)24/h2-12H,13H2,1H3,(H,28,30)(H,29,31)/b27-12+. The van der Waals surface area contributed by atoms with Crippen molar-refractivity contribution in [3.05, 3.63) is 86.9 Å². The van der Waals surface area contributed by atoms with Gasteiger partial charge in [-0.15, -0.1) is 0 Å². The predicted octanol–water partition coefficient (Wildman–Crippen LogP) is 5.44. The average Bonchev–Trinajstić information content (AvgIpc) is 2.80. The molecule has 0 unspecified atom stereocenters. The van der Waals surface area contributed by atoms with E-state index in [0.29, 0.717) is 27.6 Å². The monoisotopic (exact) mass is 505 g/mol. The largest absolute Gasteiger partial charge is 0.497 e. The summed E-state index contributed by atoms with van der Waals surface area (Å²) >= 11 is 18.5. The van der Waals surface area contributed by atoms with Crippen LogP contribution in [0.2, 0.25) is 15.1 Å². The van der Waals surface area contributed by atoms with Gasteiger partial charge in [0.05, 0.1) is 34.1 Å². The number of carbonyl (C=O) groups excluding carboxylic acids is 2. The van der Waals surface area contributed by atoms with Crippen LogP contribution >= 0.6 is 34.8 Å². The van der Waals surface area contributed by atoms with E-state index in [2.05, 4.69) is 15.8 Å². The summed E-state index contributed by atoms with van der Waals surface area (Å²) in [6, 6.07) is 16.6. The number of nitrogens with one attached hydrogen (secondary N) is 2. The molecule has 7 nitrogen and oxygen atoms in total. The Kier molecular flexibility index (Phi) is 8.54. The zero-order chi connectivity index (χ0) is 23.8. The summed E-state index contributed by atoms with van der Waals surface area (Å²) in [5.41, 5.74) is 3.79. The van der Waals surface area contributed by atoms with Crippen molar-refractivity contribution in [3.63, 3.8) is 0 Å². The molecule has 0 atom stereocenters. The highest BCUT2D eigenvalue weighted by atomic mass is 35.5. The van der Waals surface area contributed by atoms with Gasteiger partial charge in [-0.05, 0) is 48.0 Å². The molecule has 0 fully saturated rings. The fourth-order valence-electron chi connectivity index (χ4n) is 2.67. The molecule has 0 aliphatic rings. The summed E-state index contributed by atoms with van der Waals surface area (Å²) in [6.45, 7) is -0.325. The molecule has 0 aromatic heterocycles. The molecule has 0 heterocycles. The second-order valence-electron chi connectivity index (χ2n) is 6.56. The number of halogens is 3. The van der Waals surface area contributed by atoms with Crippen LogP contribution in [-0.4, -0.2) is 31.7 Å². The number of anilines is 1. The van der Waals surface area contributed by atoms with Crippen LogP contribution in [0.5, 0.6) is 11.5 Å². The second-order valence-corrected chi connectivity index (χ2v) is 7.78. The van der Waals surface area contributed by atoms with Crippen LogP contribution < -0.4 is 20.2 Å². The Morgan fingerprint density at radius 3 is 2.39 bits per heavy atom. The van der Waals surface area contributed by atoms with Crippen molar-refractivity contribution in [3.8, 4) is 11.5 Å². The lowest BCUT2D eigenvalue weighted by molar-refractivity contribution is -0.118. The molecule has 33 heavy (non-hydrogen) atoms. The third kappa shape index (κ3) is 6.86. The molecular weight excluding hydrogens is 489 g/mol. The van der Waals surface area contributed by atoms with Crippen molar-refractivity contribution < 1.29 is 19.1 Å². The number of benzene rings is 3. The predicted molar refractivity (Wildman–Crippen MR) is 130 cm³/mol. The minimum Gasteiger partial charge on any atom is -0.497 e. The number of hydrazone groups is 1.